The van der Waals surface area contributed by atoms with Gasteiger partial charge in [-0.2, -0.15) is 0 Å². The predicted molar refractivity (Wildman–Crippen MR) is 94.4 cm³/mol. The Morgan fingerprint density at radius 2 is 1.91 bits per heavy atom. The van der Waals surface area contributed by atoms with Crippen LogP contribution in [0.3, 0.4) is 0 Å². The lowest BCUT2D eigenvalue weighted by Gasteiger charge is -2.35. The van der Waals surface area contributed by atoms with Gasteiger partial charge in [0, 0.05) is 44.2 Å². The van der Waals surface area contributed by atoms with E-state index in [1.54, 1.807) is 6.33 Å². The third kappa shape index (κ3) is 2.95. The van der Waals surface area contributed by atoms with Crippen molar-refractivity contribution >= 4 is 27.4 Å². The maximum Gasteiger partial charge on any atom is 0.141 e. The number of aryl methyl sites for hydroxylation is 2. The molecule has 1 aliphatic heterocycles. The zero-order chi connectivity index (χ0) is 15.6. The highest BCUT2D eigenvalue weighted by Crippen LogP contribution is 2.39. The normalized spacial score (nSPS) is 19.3. The summed E-state index contributed by atoms with van der Waals surface area (Å²) in [5, 5.41) is 10.3. The average Bonchev–Trinajstić information content (AvgIpc) is 2.99. The number of aromatic nitrogens is 2. The highest BCUT2D eigenvalue weighted by atomic mass is 32.1. The van der Waals surface area contributed by atoms with Gasteiger partial charge in [0.05, 0.1) is 5.39 Å². The number of thiophene rings is 1. The third-order valence-electron chi connectivity index (χ3n) is 5.04. The van der Waals surface area contributed by atoms with Crippen molar-refractivity contribution in [3.8, 4) is 0 Å². The molecule has 1 N–H and O–H groups in total. The van der Waals surface area contributed by atoms with Gasteiger partial charge in [-0.25, -0.2) is 9.97 Å². The minimum atomic E-state index is 0.286. The van der Waals surface area contributed by atoms with Crippen LogP contribution in [0, 0.1) is 0 Å². The number of hydrogen-bond acceptors (Lipinski definition) is 6. The lowest BCUT2D eigenvalue weighted by Crippen LogP contribution is -2.47. The minimum absolute atomic E-state index is 0.286. The van der Waals surface area contributed by atoms with Crippen LogP contribution >= 0.6 is 11.3 Å². The molecule has 2 aromatic heterocycles. The number of piperazine rings is 1. The molecule has 5 nitrogen and oxygen atoms in total. The molecule has 0 atom stereocenters. The summed E-state index contributed by atoms with van der Waals surface area (Å²) in [6.07, 6.45) is 7.61. The Morgan fingerprint density at radius 1 is 1.09 bits per heavy atom. The van der Waals surface area contributed by atoms with E-state index in [0.717, 1.165) is 45.0 Å². The summed E-state index contributed by atoms with van der Waals surface area (Å²) in [6.45, 7) is 5.42. The highest BCUT2D eigenvalue weighted by Gasteiger charge is 2.24. The zero-order valence-corrected chi connectivity index (χ0v) is 14.3. The molecule has 3 heterocycles. The van der Waals surface area contributed by atoms with Crippen LogP contribution in [0.25, 0.3) is 10.2 Å². The van der Waals surface area contributed by atoms with Gasteiger partial charge in [0.2, 0.25) is 0 Å². The lowest BCUT2D eigenvalue weighted by molar-refractivity contribution is 0.216. The number of anilines is 1. The van der Waals surface area contributed by atoms with Crippen molar-refractivity contribution in [3.63, 3.8) is 0 Å². The van der Waals surface area contributed by atoms with Gasteiger partial charge in [-0.1, -0.05) is 0 Å². The highest BCUT2D eigenvalue weighted by molar-refractivity contribution is 7.19. The molecule has 2 aromatic rings. The van der Waals surface area contributed by atoms with Crippen molar-refractivity contribution in [2.24, 2.45) is 0 Å². The molecule has 1 saturated heterocycles. The summed E-state index contributed by atoms with van der Waals surface area (Å²) in [4.78, 5) is 16.8. The van der Waals surface area contributed by atoms with Crippen LogP contribution in [-0.2, 0) is 12.8 Å². The van der Waals surface area contributed by atoms with Crippen molar-refractivity contribution in [1.29, 1.82) is 0 Å². The van der Waals surface area contributed by atoms with Crippen molar-refractivity contribution in [3.05, 3.63) is 16.8 Å². The lowest BCUT2D eigenvalue weighted by atomic mass is 9.97. The van der Waals surface area contributed by atoms with E-state index in [2.05, 4.69) is 19.8 Å². The van der Waals surface area contributed by atoms with Crippen LogP contribution in [-0.4, -0.2) is 59.3 Å². The standard InChI is InChI=1S/C17H24N4OS/c22-11-3-6-20-7-9-21(10-8-20)16-15-13-4-1-2-5-14(13)23-17(15)19-12-18-16/h12,22H,1-11H2. The third-order valence-corrected chi connectivity index (χ3v) is 6.24. The van der Waals surface area contributed by atoms with Crippen molar-refractivity contribution in [2.75, 3.05) is 44.2 Å². The molecule has 6 heteroatoms. The monoisotopic (exact) mass is 332 g/mol. The minimum Gasteiger partial charge on any atom is -0.396 e. The van der Waals surface area contributed by atoms with Gasteiger partial charge in [0.25, 0.3) is 0 Å². The Morgan fingerprint density at radius 3 is 2.74 bits per heavy atom. The fraction of sp³-hybridized carbons (Fsp3) is 0.647. The van der Waals surface area contributed by atoms with Gasteiger partial charge < -0.3 is 10.0 Å². The molecule has 23 heavy (non-hydrogen) atoms. The second kappa shape index (κ2) is 6.71. The molecule has 0 radical (unpaired) electrons. The van der Waals surface area contributed by atoms with Crippen LogP contribution in [0.15, 0.2) is 6.33 Å². The molecule has 2 aliphatic rings. The summed E-state index contributed by atoms with van der Waals surface area (Å²) in [5.74, 6) is 1.15. The van der Waals surface area contributed by atoms with Crippen molar-refractivity contribution in [1.82, 2.24) is 14.9 Å². The maximum atomic E-state index is 8.98. The fourth-order valence-electron chi connectivity index (χ4n) is 3.79. The fourth-order valence-corrected chi connectivity index (χ4v) is 5.01. The Hall–Kier alpha value is -1.24. The molecule has 0 aromatic carbocycles. The van der Waals surface area contributed by atoms with E-state index in [1.165, 1.54) is 46.3 Å². The van der Waals surface area contributed by atoms with Crippen molar-refractivity contribution < 1.29 is 5.11 Å². The topological polar surface area (TPSA) is 52.5 Å². The SMILES string of the molecule is OCCCN1CCN(c2ncnc3sc4c(c23)CCCC4)CC1. The number of aliphatic hydroxyl groups is 1. The number of rotatable bonds is 4. The van der Waals surface area contributed by atoms with Gasteiger partial charge in [-0.15, -0.1) is 11.3 Å². The van der Waals surface area contributed by atoms with E-state index in [-0.39, 0.29) is 6.61 Å². The van der Waals surface area contributed by atoms with Crippen LogP contribution in [0.5, 0.6) is 0 Å². The van der Waals surface area contributed by atoms with E-state index in [4.69, 9.17) is 5.11 Å². The Balaban J connectivity index is 1.59. The first kappa shape index (κ1) is 15.3. The first-order valence-corrected chi connectivity index (χ1v) is 9.52. The van der Waals surface area contributed by atoms with Crippen LogP contribution in [0.1, 0.15) is 29.7 Å². The number of fused-ring (bicyclic) bond motifs is 3. The van der Waals surface area contributed by atoms with Crippen molar-refractivity contribution in [2.45, 2.75) is 32.1 Å². The summed E-state index contributed by atoms with van der Waals surface area (Å²) < 4.78 is 0. The number of nitrogens with zero attached hydrogens (tertiary/aromatic N) is 4. The molecule has 0 spiro atoms. The Bertz CT molecular complexity index is 679. The zero-order valence-electron chi connectivity index (χ0n) is 13.5. The molecule has 124 valence electrons. The number of aliphatic hydroxyl groups excluding tert-OH is 1. The van der Waals surface area contributed by atoms with Gasteiger partial charge in [0.1, 0.15) is 17.0 Å². The first-order chi connectivity index (χ1) is 11.4. The smallest absolute Gasteiger partial charge is 0.141 e. The molecule has 0 bridgehead atoms. The molecule has 1 aliphatic carbocycles. The molecule has 4 rings (SSSR count). The summed E-state index contributed by atoms with van der Waals surface area (Å²) in [5.41, 5.74) is 1.52. The molecule has 0 amide bonds. The van der Waals surface area contributed by atoms with Gasteiger partial charge >= 0.3 is 0 Å². The predicted octanol–water partition coefficient (Wildman–Crippen LogP) is 2.07. The van der Waals surface area contributed by atoms with Crippen LogP contribution < -0.4 is 4.90 Å². The Labute approximate surface area is 141 Å². The molecular weight excluding hydrogens is 308 g/mol. The summed E-state index contributed by atoms with van der Waals surface area (Å²) in [7, 11) is 0. The molecule has 1 fully saturated rings. The van der Waals surface area contributed by atoms with E-state index in [0.29, 0.717) is 0 Å². The van der Waals surface area contributed by atoms with Crippen LogP contribution in [0.2, 0.25) is 0 Å². The summed E-state index contributed by atoms with van der Waals surface area (Å²) in [6, 6.07) is 0. The van der Waals surface area contributed by atoms with E-state index < -0.39 is 0 Å². The maximum absolute atomic E-state index is 8.98. The van der Waals surface area contributed by atoms with Gasteiger partial charge in [-0.3, -0.25) is 4.90 Å². The van der Waals surface area contributed by atoms with Gasteiger partial charge in [-0.05, 0) is 37.7 Å². The first-order valence-electron chi connectivity index (χ1n) is 8.70. The van der Waals surface area contributed by atoms with Gasteiger partial charge in [0.15, 0.2) is 0 Å². The number of hydrogen-bond donors (Lipinski definition) is 1. The molecule has 0 unspecified atom stereocenters. The second-order valence-corrected chi connectivity index (χ2v) is 7.58. The summed E-state index contributed by atoms with van der Waals surface area (Å²) >= 11 is 1.87. The molecular formula is C17H24N4OS. The second-order valence-electron chi connectivity index (χ2n) is 6.49. The van der Waals surface area contributed by atoms with E-state index in [1.807, 2.05) is 11.3 Å². The Kier molecular flexibility index (Phi) is 4.46. The van der Waals surface area contributed by atoms with E-state index in [9.17, 15) is 0 Å². The van der Waals surface area contributed by atoms with E-state index >= 15 is 0 Å². The average molecular weight is 332 g/mol. The molecule has 0 saturated carbocycles. The quantitative estimate of drug-likeness (QED) is 0.929. The largest absolute Gasteiger partial charge is 0.396 e. The van der Waals surface area contributed by atoms with Crippen LogP contribution in [0.4, 0.5) is 5.82 Å².